The first-order valence-corrected chi connectivity index (χ1v) is 15.4. The maximum Gasteiger partial charge on any atom is 0.339 e. The van der Waals surface area contributed by atoms with E-state index in [-0.39, 0.29) is 35.5 Å². The van der Waals surface area contributed by atoms with Crippen LogP contribution >= 0.6 is 23.2 Å². The number of alkyl halides is 2. The number of fused-ring (bicyclic) bond motifs is 4. The molecule has 2 aliphatic heterocycles. The van der Waals surface area contributed by atoms with Crippen LogP contribution in [-0.4, -0.2) is 54.7 Å². The Kier molecular flexibility index (Phi) is 6.82. The minimum atomic E-state index is -2.20. The summed E-state index contributed by atoms with van der Waals surface area (Å²) in [5.74, 6) is -9.98. The lowest BCUT2D eigenvalue weighted by Gasteiger charge is -2.50. The van der Waals surface area contributed by atoms with Crippen LogP contribution in [0.3, 0.4) is 0 Å². The fourth-order valence-corrected chi connectivity index (χ4v) is 8.68. The zero-order valence-corrected chi connectivity index (χ0v) is 26.0. The van der Waals surface area contributed by atoms with Crippen molar-refractivity contribution in [1.82, 2.24) is 0 Å². The summed E-state index contributed by atoms with van der Waals surface area (Å²) in [7, 11) is 0. The average molecular weight is 679 g/mol. The van der Waals surface area contributed by atoms with Crippen molar-refractivity contribution in [3.63, 3.8) is 0 Å². The molecule has 2 heterocycles. The van der Waals surface area contributed by atoms with Crippen LogP contribution in [0.2, 0.25) is 0 Å². The average Bonchev–Trinajstić information content (AvgIpc) is 3.37. The number of halogens is 3. The number of carbonyl (C=O) groups is 5. The lowest BCUT2D eigenvalue weighted by molar-refractivity contribution is -0.125. The predicted octanol–water partition coefficient (Wildman–Crippen LogP) is 5.01. The van der Waals surface area contributed by atoms with Crippen molar-refractivity contribution < 1.29 is 43.7 Å². The predicted molar refractivity (Wildman–Crippen MR) is 167 cm³/mol. The van der Waals surface area contributed by atoms with Crippen molar-refractivity contribution in [2.75, 3.05) is 9.80 Å². The van der Waals surface area contributed by atoms with Gasteiger partial charge in [-0.2, -0.15) is 0 Å². The number of para-hydroxylation sites is 1. The molecule has 47 heavy (non-hydrogen) atoms. The molecule has 6 atom stereocenters. The van der Waals surface area contributed by atoms with Crippen molar-refractivity contribution in [3.05, 3.63) is 94.8 Å². The Labute approximate surface area is 276 Å². The number of carboxylic acids is 1. The van der Waals surface area contributed by atoms with Crippen LogP contribution in [0.1, 0.15) is 40.2 Å². The summed E-state index contributed by atoms with van der Waals surface area (Å²) in [6.07, 6.45) is 1.43. The van der Waals surface area contributed by atoms with Gasteiger partial charge in [-0.25, -0.2) is 19.0 Å². The Balaban J connectivity index is 1.39. The molecule has 0 bridgehead atoms. The standard InChI is InChI=1S/C34H25Cl2FN2O8/c1-15-3-2-4-22(27(15)41)26-19-11-12-21-25(29(43)38(28(21)42)18-9-10-20(30(44)45)24(40)13-18)23(19)14-33(35)31(46)39(32(47)34(26,33)36)17-7-5-16(37)6-8-17/h2-11,13,21,23,25-26,40-41H,12,14H2,1H3,(H,44,45)/t21-,23+,25-,26+,33+,34-/m0/s1. The van der Waals surface area contributed by atoms with Gasteiger partial charge in [-0.05, 0) is 67.6 Å². The molecule has 2 aliphatic carbocycles. The highest BCUT2D eigenvalue weighted by Crippen LogP contribution is 2.66. The van der Waals surface area contributed by atoms with Gasteiger partial charge in [0, 0.05) is 17.5 Å². The first-order chi connectivity index (χ1) is 22.2. The summed E-state index contributed by atoms with van der Waals surface area (Å²) >= 11 is 14.6. The zero-order valence-electron chi connectivity index (χ0n) is 24.5. The quantitative estimate of drug-likeness (QED) is 0.198. The smallest absolute Gasteiger partial charge is 0.339 e. The van der Waals surface area contributed by atoms with E-state index in [1.54, 1.807) is 31.2 Å². The van der Waals surface area contributed by atoms with E-state index in [2.05, 4.69) is 0 Å². The van der Waals surface area contributed by atoms with E-state index in [0.29, 0.717) is 11.1 Å². The molecule has 0 aromatic heterocycles. The van der Waals surface area contributed by atoms with E-state index in [9.17, 15) is 43.7 Å². The van der Waals surface area contributed by atoms with Crippen LogP contribution in [0.15, 0.2) is 72.3 Å². The number of hydrogen-bond acceptors (Lipinski definition) is 7. The fraction of sp³-hybridized carbons (Fsp3) is 0.265. The first kappa shape index (κ1) is 30.9. The molecule has 240 valence electrons. The van der Waals surface area contributed by atoms with Crippen molar-refractivity contribution in [3.8, 4) is 11.5 Å². The molecule has 4 amide bonds. The van der Waals surface area contributed by atoms with Gasteiger partial charge in [-0.15, -0.1) is 23.2 Å². The number of imide groups is 2. The van der Waals surface area contributed by atoms with E-state index in [1.807, 2.05) is 0 Å². The zero-order chi connectivity index (χ0) is 33.7. The molecule has 0 unspecified atom stereocenters. The molecular formula is C34H25Cl2FN2O8. The van der Waals surface area contributed by atoms with E-state index in [0.717, 1.165) is 34.1 Å². The Morgan fingerprint density at radius 2 is 1.57 bits per heavy atom. The molecule has 3 aromatic carbocycles. The molecule has 3 aromatic rings. The number of anilines is 2. The van der Waals surface area contributed by atoms with Crippen molar-refractivity contribution in [2.24, 2.45) is 17.8 Å². The Bertz CT molecular complexity index is 1980. The number of carboxylic acid groups (broad SMARTS) is 1. The number of allylic oxidation sites excluding steroid dienone is 2. The second-order valence-corrected chi connectivity index (χ2v) is 13.5. The maximum atomic E-state index is 14.4. The first-order valence-electron chi connectivity index (χ1n) is 14.7. The van der Waals surface area contributed by atoms with Crippen LogP contribution in [0.25, 0.3) is 0 Å². The van der Waals surface area contributed by atoms with Crippen molar-refractivity contribution in [2.45, 2.75) is 35.4 Å². The molecule has 1 saturated carbocycles. The molecule has 3 fully saturated rings. The number of benzene rings is 3. The number of phenols is 2. The van der Waals surface area contributed by atoms with Gasteiger partial charge in [0.2, 0.25) is 11.8 Å². The van der Waals surface area contributed by atoms with E-state index < -0.39 is 80.1 Å². The molecule has 2 saturated heterocycles. The number of aryl methyl sites for hydroxylation is 1. The number of aromatic carboxylic acids is 1. The van der Waals surface area contributed by atoms with Gasteiger partial charge in [-0.1, -0.05) is 29.8 Å². The Hall–Kier alpha value is -4.74. The van der Waals surface area contributed by atoms with Gasteiger partial charge < -0.3 is 15.3 Å². The number of phenolic OH excluding ortho intramolecular Hbond substituents is 1. The third-order valence-electron chi connectivity index (χ3n) is 9.95. The van der Waals surface area contributed by atoms with Gasteiger partial charge in [0.15, 0.2) is 9.75 Å². The van der Waals surface area contributed by atoms with E-state index >= 15 is 0 Å². The second kappa shape index (κ2) is 10.4. The summed E-state index contributed by atoms with van der Waals surface area (Å²) in [4.78, 5) is 65.4. The highest BCUT2D eigenvalue weighted by molar-refractivity contribution is 6.58. The Morgan fingerprint density at radius 1 is 0.894 bits per heavy atom. The summed E-state index contributed by atoms with van der Waals surface area (Å²) in [6, 6.07) is 12.8. The number of amides is 4. The largest absolute Gasteiger partial charge is 0.507 e. The van der Waals surface area contributed by atoms with Gasteiger partial charge >= 0.3 is 5.97 Å². The molecule has 4 aliphatic rings. The van der Waals surface area contributed by atoms with Crippen LogP contribution < -0.4 is 9.80 Å². The van der Waals surface area contributed by atoms with E-state index in [1.165, 1.54) is 18.2 Å². The molecule has 7 rings (SSSR count). The number of nitrogens with zero attached hydrogens (tertiary/aromatic N) is 2. The molecular weight excluding hydrogens is 654 g/mol. The highest BCUT2D eigenvalue weighted by atomic mass is 35.5. The molecule has 0 spiro atoms. The van der Waals surface area contributed by atoms with Gasteiger partial charge in [0.1, 0.15) is 22.9 Å². The number of hydrogen-bond donors (Lipinski definition) is 3. The third-order valence-corrected chi connectivity index (χ3v) is 11.4. The van der Waals surface area contributed by atoms with Crippen LogP contribution in [0.5, 0.6) is 11.5 Å². The minimum absolute atomic E-state index is 0.0285. The fourth-order valence-electron chi connectivity index (χ4n) is 7.75. The monoisotopic (exact) mass is 678 g/mol. The van der Waals surface area contributed by atoms with Crippen LogP contribution in [0.4, 0.5) is 15.8 Å². The normalized spacial score (nSPS) is 29.8. The number of rotatable bonds is 4. The number of aromatic hydroxyl groups is 2. The van der Waals surface area contributed by atoms with Crippen molar-refractivity contribution in [1.29, 1.82) is 0 Å². The lowest BCUT2D eigenvalue weighted by Crippen LogP contribution is -2.60. The third kappa shape index (κ3) is 4.05. The van der Waals surface area contributed by atoms with Crippen LogP contribution in [0, 0.1) is 30.5 Å². The molecule has 0 radical (unpaired) electrons. The molecule has 13 heteroatoms. The van der Waals surface area contributed by atoms with Crippen molar-refractivity contribution >= 4 is 64.2 Å². The van der Waals surface area contributed by atoms with Gasteiger partial charge in [-0.3, -0.25) is 19.2 Å². The van der Waals surface area contributed by atoms with E-state index in [4.69, 9.17) is 23.2 Å². The number of carbonyl (C=O) groups excluding carboxylic acids is 4. The summed E-state index contributed by atoms with van der Waals surface area (Å²) in [5.41, 5.74) is 0.677. The highest BCUT2D eigenvalue weighted by Gasteiger charge is 2.77. The topological polar surface area (TPSA) is 153 Å². The minimum Gasteiger partial charge on any atom is -0.507 e. The SMILES string of the molecule is Cc1cccc([C@H]2C3=CC[C@@H]4C(=O)N(c5ccc(C(=O)O)c(O)c5)C(=O)[C@@H]4[C@@H]3C[C@@]3(Cl)C(=O)N(c4ccc(F)cc4)C(=O)[C@@]23Cl)c1O. The maximum absolute atomic E-state index is 14.4. The second-order valence-electron chi connectivity index (χ2n) is 12.3. The molecule has 3 N–H and O–H groups in total. The molecule has 10 nitrogen and oxygen atoms in total. The van der Waals surface area contributed by atoms with Gasteiger partial charge in [0.05, 0.1) is 23.2 Å². The summed E-state index contributed by atoms with van der Waals surface area (Å²) < 4.78 is 13.8. The summed E-state index contributed by atoms with van der Waals surface area (Å²) in [5, 5.41) is 30.9. The van der Waals surface area contributed by atoms with Crippen LogP contribution in [-0.2, 0) is 19.2 Å². The van der Waals surface area contributed by atoms with Gasteiger partial charge in [0.25, 0.3) is 11.8 Å². The summed E-state index contributed by atoms with van der Waals surface area (Å²) in [6.45, 7) is 1.65. The lowest BCUT2D eigenvalue weighted by atomic mass is 9.56. The Morgan fingerprint density at radius 3 is 2.23 bits per heavy atom.